The second-order valence-electron chi connectivity index (χ2n) is 5.93. The molecule has 3 heteroatoms. The minimum absolute atomic E-state index is 0.197. The van der Waals surface area contributed by atoms with Gasteiger partial charge in [-0.2, -0.15) is 0 Å². The fraction of sp³-hybridized carbons (Fsp3) is 0.625. The lowest BCUT2D eigenvalue weighted by molar-refractivity contribution is -0.122. The Morgan fingerprint density at radius 1 is 1.26 bits per heavy atom. The van der Waals surface area contributed by atoms with Crippen LogP contribution in [0.5, 0.6) is 0 Å². The van der Waals surface area contributed by atoms with Crippen molar-refractivity contribution in [2.24, 2.45) is 11.8 Å². The number of rotatable bonds is 4. The van der Waals surface area contributed by atoms with Crippen LogP contribution in [-0.2, 0) is 11.2 Å². The van der Waals surface area contributed by atoms with Crippen LogP contribution in [0, 0.1) is 11.8 Å². The molecule has 102 valence electrons. The standard InChI is InChI=1S/C16H22N2O/c19-16(10-8-13-5-1-2-11-17-13)18-15-9-7-12-4-3-6-14(12)15/h1-2,5,11-12,14-15H,3-4,6-10H2,(H,18,19)/t12-,14-,15-/m0/s1. The van der Waals surface area contributed by atoms with E-state index in [1.165, 1.54) is 32.1 Å². The number of hydrogen-bond acceptors (Lipinski definition) is 2. The molecule has 19 heavy (non-hydrogen) atoms. The second-order valence-corrected chi connectivity index (χ2v) is 5.93. The normalized spacial score (nSPS) is 29.2. The molecule has 0 unspecified atom stereocenters. The molecule has 3 atom stereocenters. The van der Waals surface area contributed by atoms with E-state index < -0.39 is 0 Å². The Bertz CT molecular complexity index is 432. The van der Waals surface area contributed by atoms with E-state index in [4.69, 9.17) is 0 Å². The minimum Gasteiger partial charge on any atom is -0.353 e. The fourth-order valence-electron chi connectivity index (χ4n) is 3.81. The Labute approximate surface area is 114 Å². The van der Waals surface area contributed by atoms with Crippen LogP contribution in [0.4, 0.5) is 0 Å². The van der Waals surface area contributed by atoms with Gasteiger partial charge in [0.2, 0.25) is 5.91 Å². The van der Waals surface area contributed by atoms with Crippen molar-refractivity contribution >= 4 is 5.91 Å². The first-order chi connectivity index (χ1) is 9.33. The van der Waals surface area contributed by atoms with Gasteiger partial charge in [0.15, 0.2) is 0 Å². The van der Waals surface area contributed by atoms with Crippen LogP contribution in [0.25, 0.3) is 0 Å². The number of fused-ring (bicyclic) bond motifs is 1. The largest absolute Gasteiger partial charge is 0.353 e. The summed E-state index contributed by atoms with van der Waals surface area (Å²) in [6, 6.07) is 6.31. The van der Waals surface area contributed by atoms with Crippen LogP contribution in [-0.4, -0.2) is 16.9 Å². The van der Waals surface area contributed by atoms with Gasteiger partial charge in [0.1, 0.15) is 0 Å². The number of hydrogen-bond donors (Lipinski definition) is 1. The van der Waals surface area contributed by atoms with Crippen LogP contribution < -0.4 is 5.32 Å². The van der Waals surface area contributed by atoms with Gasteiger partial charge < -0.3 is 5.32 Å². The van der Waals surface area contributed by atoms with Gasteiger partial charge in [-0.15, -0.1) is 0 Å². The van der Waals surface area contributed by atoms with Crippen molar-refractivity contribution in [1.82, 2.24) is 10.3 Å². The summed E-state index contributed by atoms with van der Waals surface area (Å²) in [6.07, 6.45) is 9.64. The van der Waals surface area contributed by atoms with Gasteiger partial charge in [-0.25, -0.2) is 0 Å². The fourth-order valence-corrected chi connectivity index (χ4v) is 3.81. The molecule has 0 bridgehead atoms. The zero-order valence-electron chi connectivity index (χ0n) is 11.3. The monoisotopic (exact) mass is 258 g/mol. The summed E-state index contributed by atoms with van der Waals surface area (Å²) in [6.45, 7) is 0. The Hall–Kier alpha value is -1.38. The smallest absolute Gasteiger partial charge is 0.220 e. The number of aryl methyl sites for hydroxylation is 1. The van der Waals surface area contributed by atoms with Crippen LogP contribution in [0.2, 0.25) is 0 Å². The van der Waals surface area contributed by atoms with Crippen molar-refractivity contribution in [2.75, 3.05) is 0 Å². The van der Waals surface area contributed by atoms with E-state index >= 15 is 0 Å². The highest BCUT2D eigenvalue weighted by atomic mass is 16.1. The third kappa shape index (κ3) is 2.96. The first kappa shape index (κ1) is 12.6. The Morgan fingerprint density at radius 3 is 3.05 bits per heavy atom. The molecule has 0 radical (unpaired) electrons. The lowest BCUT2D eigenvalue weighted by atomic mass is 9.97. The molecule has 0 aliphatic heterocycles. The van der Waals surface area contributed by atoms with E-state index in [9.17, 15) is 4.79 Å². The molecule has 2 fully saturated rings. The van der Waals surface area contributed by atoms with Crippen LogP contribution in [0.3, 0.4) is 0 Å². The van der Waals surface area contributed by atoms with Gasteiger partial charge in [0.05, 0.1) is 0 Å². The van der Waals surface area contributed by atoms with Gasteiger partial charge in [-0.3, -0.25) is 9.78 Å². The number of carbonyl (C=O) groups excluding carboxylic acids is 1. The summed E-state index contributed by atoms with van der Waals surface area (Å²) in [7, 11) is 0. The lowest BCUT2D eigenvalue weighted by Gasteiger charge is -2.20. The van der Waals surface area contributed by atoms with Gasteiger partial charge >= 0.3 is 0 Å². The maximum Gasteiger partial charge on any atom is 0.220 e. The van der Waals surface area contributed by atoms with Gasteiger partial charge in [-0.05, 0) is 49.7 Å². The third-order valence-electron chi connectivity index (χ3n) is 4.76. The molecule has 1 aromatic rings. The van der Waals surface area contributed by atoms with E-state index in [1.54, 1.807) is 6.20 Å². The molecule has 2 aliphatic carbocycles. The number of nitrogens with one attached hydrogen (secondary N) is 1. The molecule has 2 saturated carbocycles. The van der Waals surface area contributed by atoms with E-state index in [0.29, 0.717) is 12.5 Å². The number of aromatic nitrogens is 1. The summed E-state index contributed by atoms with van der Waals surface area (Å²) < 4.78 is 0. The predicted octanol–water partition coefficient (Wildman–Crippen LogP) is 2.71. The Morgan fingerprint density at radius 2 is 2.21 bits per heavy atom. The van der Waals surface area contributed by atoms with Crippen molar-refractivity contribution in [3.8, 4) is 0 Å². The van der Waals surface area contributed by atoms with Crippen LogP contribution >= 0.6 is 0 Å². The Balaban J connectivity index is 1.46. The molecule has 3 rings (SSSR count). The predicted molar refractivity (Wildman–Crippen MR) is 74.6 cm³/mol. The average Bonchev–Trinajstić information content (AvgIpc) is 3.03. The minimum atomic E-state index is 0.197. The van der Waals surface area contributed by atoms with Crippen molar-refractivity contribution in [3.63, 3.8) is 0 Å². The quantitative estimate of drug-likeness (QED) is 0.902. The summed E-state index contributed by atoms with van der Waals surface area (Å²) in [4.78, 5) is 16.3. The third-order valence-corrected chi connectivity index (χ3v) is 4.76. The summed E-state index contributed by atoms with van der Waals surface area (Å²) >= 11 is 0. The van der Waals surface area contributed by atoms with Crippen molar-refractivity contribution < 1.29 is 4.79 Å². The molecule has 0 aromatic carbocycles. The lowest BCUT2D eigenvalue weighted by Crippen LogP contribution is -2.37. The molecule has 3 nitrogen and oxygen atoms in total. The van der Waals surface area contributed by atoms with Gasteiger partial charge in [0.25, 0.3) is 0 Å². The second kappa shape index (κ2) is 5.72. The SMILES string of the molecule is O=C(CCc1ccccn1)N[C@H]1CC[C@@H]2CCC[C@@H]21. The van der Waals surface area contributed by atoms with E-state index in [0.717, 1.165) is 24.0 Å². The molecule has 1 N–H and O–H groups in total. The number of carbonyl (C=O) groups is 1. The van der Waals surface area contributed by atoms with Gasteiger partial charge in [0, 0.05) is 24.4 Å². The number of amides is 1. The molecular formula is C16H22N2O. The molecular weight excluding hydrogens is 236 g/mol. The molecule has 2 aliphatic rings. The first-order valence-corrected chi connectivity index (χ1v) is 7.52. The van der Waals surface area contributed by atoms with E-state index in [1.807, 2.05) is 18.2 Å². The van der Waals surface area contributed by atoms with Crippen molar-refractivity contribution in [3.05, 3.63) is 30.1 Å². The molecule has 1 amide bonds. The highest BCUT2D eigenvalue weighted by Gasteiger charge is 2.39. The molecule has 1 heterocycles. The Kier molecular flexibility index (Phi) is 3.81. The topological polar surface area (TPSA) is 42.0 Å². The summed E-state index contributed by atoms with van der Waals surface area (Å²) in [5.74, 6) is 1.85. The number of pyridine rings is 1. The summed E-state index contributed by atoms with van der Waals surface area (Å²) in [5, 5.41) is 3.25. The molecule has 0 spiro atoms. The molecule has 1 aromatic heterocycles. The van der Waals surface area contributed by atoms with Crippen LogP contribution in [0.1, 0.15) is 44.2 Å². The zero-order chi connectivity index (χ0) is 13.1. The van der Waals surface area contributed by atoms with Crippen molar-refractivity contribution in [1.29, 1.82) is 0 Å². The highest BCUT2D eigenvalue weighted by Crippen LogP contribution is 2.43. The maximum absolute atomic E-state index is 12.0. The van der Waals surface area contributed by atoms with Crippen molar-refractivity contribution in [2.45, 2.75) is 51.0 Å². The van der Waals surface area contributed by atoms with Crippen LogP contribution in [0.15, 0.2) is 24.4 Å². The summed E-state index contributed by atoms with van der Waals surface area (Å²) in [5.41, 5.74) is 1.00. The molecule has 0 saturated heterocycles. The van der Waals surface area contributed by atoms with E-state index in [-0.39, 0.29) is 5.91 Å². The average molecular weight is 258 g/mol. The number of nitrogens with zero attached hydrogens (tertiary/aromatic N) is 1. The first-order valence-electron chi connectivity index (χ1n) is 7.52. The van der Waals surface area contributed by atoms with E-state index in [2.05, 4.69) is 10.3 Å². The highest BCUT2D eigenvalue weighted by molar-refractivity contribution is 5.76. The zero-order valence-corrected chi connectivity index (χ0v) is 11.3. The maximum atomic E-state index is 12.0. The van der Waals surface area contributed by atoms with Gasteiger partial charge in [-0.1, -0.05) is 18.9 Å².